The molecule has 1 N–H and O–H groups in total. The van der Waals surface area contributed by atoms with Crippen molar-refractivity contribution in [3.63, 3.8) is 0 Å². The molecule has 1 aliphatic carbocycles. The Morgan fingerprint density at radius 1 is 1.33 bits per heavy atom. The van der Waals surface area contributed by atoms with Crippen LogP contribution in [0.15, 0.2) is 29.3 Å². The molecule has 110 valence electrons. The largest absolute Gasteiger partial charge is 0.489 e. The van der Waals surface area contributed by atoms with Gasteiger partial charge in [-0.05, 0) is 43.4 Å². The number of nitrogens with one attached hydrogen (secondary N) is 1. The van der Waals surface area contributed by atoms with Crippen molar-refractivity contribution in [2.45, 2.75) is 25.4 Å². The van der Waals surface area contributed by atoms with Crippen LogP contribution in [-0.2, 0) is 0 Å². The van der Waals surface area contributed by atoms with E-state index in [-0.39, 0.29) is 11.7 Å². The summed E-state index contributed by atoms with van der Waals surface area (Å²) in [6, 6.07) is 5.54. The maximum atomic E-state index is 11.8. The molecule has 1 aromatic carbocycles. The molecule has 5 nitrogen and oxygen atoms in total. The summed E-state index contributed by atoms with van der Waals surface area (Å²) in [5.41, 5.74) is 0.583. The molecule has 0 spiro atoms. The van der Waals surface area contributed by atoms with Crippen molar-refractivity contribution in [3.8, 4) is 5.75 Å². The van der Waals surface area contributed by atoms with Gasteiger partial charge in [0.05, 0.1) is 17.2 Å². The lowest BCUT2D eigenvalue weighted by molar-refractivity contribution is 0.198. The summed E-state index contributed by atoms with van der Waals surface area (Å²) in [5, 5.41) is 0.586. The number of aromatic amines is 1. The fraction of sp³-hybridized carbons (Fsp3) is 0.500. The average Bonchev–Trinajstić information content (AvgIpc) is 3.19. The first-order valence-electron chi connectivity index (χ1n) is 7.64. The van der Waals surface area contributed by atoms with Gasteiger partial charge in [0, 0.05) is 19.6 Å². The van der Waals surface area contributed by atoms with E-state index in [1.54, 1.807) is 6.07 Å². The van der Waals surface area contributed by atoms with Gasteiger partial charge in [-0.1, -0.05) is 0 Å². The SMILES string of the molecule is O=c1[nH]cnc2ccc(O[C@@H]3CCN(CC4CC4)C3)cc12. The Bertz CT molecular complexity index is 708. The van der Waals surface area contributed by atoms with E-state index >= 15 is 0 Å². The molecule has 2 fully saturated rings. The number of hydrogen-bond acceptors (Lipinski definition) is 4. The fourth-order valence-corrected chi connectivity index (χ4v) is 3.04. The molecule has 0 amide bonds. The summed E-state index contributed by atoms with van der Waals surface area (Å²) in [6.45, 7) is 3.34. The first-order valence-corrected chi connectivity index (χ1v) is 7.64. The summed E-state index contributed by atoms with van der Waals surface area (Å²) >= 11 is 0. The second-order valence-corrected chi connectivity index (χ2v) is 6.14. The summed E-state index contributed by atoms with van der Waals surface area (Å²) in [7, 11) is 0. The Kier molecular flexibility index (Phi) is 3.15. The maximum Gasteiger partial charge on any atom is 0.258 e. The van der Waals surface area contributed by atoms with E-state index in [4.69, 9.17) is 4.74 Å². The van der Waals surface area contributed by atoms with Crippen molar-refractivity contribution in [1.29, 1.82) is 0 Å². The van der Waals surface area contributed by atoms with E-state index in [2.05, 4.69) is 14.9 Å². The molecule has 21 heavy (non-hydrogen) atoms. The van der Waals surface area contributed by atoms with Crippen LogP contribution in [0.2, 0.25) is 0 Å². The van der Waals surface area contributed by atoms with Crippen LogP contribution >= 0.6 is 0 Å². The first-order chi connectivity index (χ1) is 10.3. The van der Waals surface area contributed by atoms with Crippen LogP contribution in [0.1, 0.15) is 19.3 Å². The van der Waals surface area contributed by atoms with Crippen LogP contribution < -0.4 is 10.3 Å². The van der Waals surface area contributed by atoms with Crippen molar-refractivity contribution in [2.75, 3.05) is 19.6 Å². The van der Waals surface area contributed by atoms with Gasteiger partial charge in [-0.3, -0.25) is 9.69 Å². The third-order valence-corrected chi connectivity index (χ3v) is 4.36. The number of benzene rings is 1. The van der Waals surface area contributed by atoms with Crippen molar-refractivity contribution in [2.24, 2.45) is 5.92 Å². The van der Waals surface area contributed by atoms with Gasteiger partial charge >= 0.3 is 0 Å². The van der Waals surface area contributed by atoms with Gasteiger partial charge in [-0.2, -0.15) is 0 Å². The van der Waals surface area contributed by atoms with Gasteiger partial charge in [-0.15, -0.1) is 0 Å². The summed E-state index contributed by atoms with van der Waals surface area (Å²) in [4.78, 5) is 21.0. The monoisotopic (exact) mass is 285 g/mol. The lowest BCUT2D eigenvalue weighted by Gasteiger charge is -2.16. The zero-order chi connectivity index (χ0) is 14.2. The van der Waals surface area contributed by atoms with Crippen LogP contribution in [0.5, 0.6) is 5.75 Å². The molecule has 1 aliphatic heterocycles. The molecule has 1 saturated heterocycles. The minimum absolute atomic E-state index is 0.118. The predicted octanol–water partition coefficient (Wildman–Crippen LogP) is 1.79. The van der Waals surface area contributed by atoms with Gasteiger partial charge in [0.1, 0.15) is 11.9 Å². The smallest absolute Gasteiger partial charge is 0.258 e. The lowest BCUT2D eigenvalue weighted by atomic mass is 10.2. The zero-order valence-electron chi connectivity index (χ0n) is 11.9. The molecule has 2 heterocycles. The highest BCUT2D eigenvalue weighted by molar-refractivity contribution is 5.78. The second-order valence-electron chi connectivity index (χ2n) is 6.14. The first kappa shape index (κ1) is 12.8. The van der Waals surface area contributed by atoms with Crippen molar-refractivity contribution in [3.05, 3.63) is 34.9 Å². The molecule has 2 aliphatic rings. The highest BCUT2D eigenvalue weighted by atomic mass is 16.5. The number of likely N-dealkylation sites (tertiary alicyclic amines) is 1. The molecular weight excluding hydrogens is 266 g/mol. The Morgan fingerprint density at radius 3 is 3.10 bits per heavy atom. The minimum Gasteiger partial charge on any atom is -0.489 e. The molecule has 0 radical (unpaired) electrons. The van der Waals surface area contributed by atoms with Gasteiger partial charge in [0.2, 0.25) is 0 Å². The fourth-order valence-electron chi connectivity index (χ4n) is 3.04. The zero-order valence-corrected chi connectivity index (χ0v) is 11.9. The summed E-state index contributed by atoms with van der Waals surface area (Å²) in [5.74, 6) is 1.69. The molecule has 0 unspecified atom stereocenters. The topological polar surface area (TPSA) is 58.2 Å². The summed E-state index contributed by atoms with van der Waals surface area (Å²) < 4.78 is 6.05. The Balaban J connectivity index is 1.47. The number of fused-ring (bicyclic) bond motifs is 1. The number of H-pyrrole nitrogens is 1. The molecular formula is C16H19N3O2. The minimum atomic E-state index is -0.118. The van der Waals surface area contributed by atoms with Crippen LogP contribution in [0.4, 0.5) is 0 Å². The Morgan fingerprint density at radius 2 is 2.24 bits per heavy atom. The standard InChI is InChI=1S/C16H19N3O2/c20-16-14-7-12(3-4-15(14)17-10-18-16)21-13-5-6-19(9-13)8-11-1-2-11/h3-4,7,10-11,13H,1-2,5-6,8-9H2,(H,17,18,20)/t13-/m1/s1. The number of hydrogen-bond donors (Lipinski definition) is 1. The molecule has 2 aromatic rings. The quantitative estimate of drug-likeness (QED) is 0.930. The molecule has 4 rings (SSSR count). The van der Waals surface area contributed by atoms with E-state index < -0.39 is 0 Å². The van der Waals surface area contributed by atoms with E-state index in [1.165, 1.54) is 25.7 Å². The van der Waals surface area contributed by atoms with E-state index in [1.807, 2.05) is 12.1 Å². The van der Waals surface area contributed by atoms with Crippen LogP contribution in [-0.4, -0.2) is 40.6 Å². The molecule has 1 atom stereocenters. The highest BCUT2D eigenvalue weighted by Crippen LogP contribution is 2.31. The molecule has 5 heteroatoms. The summed E-state index contributed by atoms with van der Waals surface area (Å²) in [6.07, 6.45) is 5.51. The predicted molar refractivity (Wildman–Crippen MR) is 80.6 cm³/mol. The highest BCUT2D eigenvalue weighted by Gasteiger charge is 2.30. The number of aromatic nitrogens is 2. The van der Waals surface area contributed by atoms with E-state index in [0.29, 0.717) is 10.9 Å². The molecule has 1 saturated carbocycles. The van der Waals surface area contributed by atoms with Crippen LogP contribution in [0.3, 0.4) is 0 Å². The Labute approximate surface area is 122 Å². The van der Waals surface area contributed by atoms with Crippen molar-refractivity contribution >= 4 is 10.9 Å². The van der Waals surface area contributed by atoms with Crippen molar-refractivity contribution in [1.82, 2.24) is 14.9 Å². The normalized spacial score (nSPS) is 22.8. The van der Waals surface area contributed by atoms with Crippen molar-refractivity contribution < 1.29 is 4.74 Å². The number of rotatable bonds is 4. The number of nitrogens with zero attached hydrogens (tertiary/aromatic N) is 2. The number of ether oxygens (including phenoxy) is 1. The third kappa shape index (κ3) is 2.78. The molecule has 1 aromatic heterocycles. The third-order valence-electron chi connectivity index (χ3n) is 4.36. The van der Waals surface area contributed by atoms with Gasteiger partial charge in [0.25, 0.3) is 5.56 Å². The maximum absolute atomic E-state index is 11.8. The van der Waals surface area contributed by atoms with Crippen LogP contribution in [0, 0.1) is 5.92 Å². The second kappa shape index (κ2) is 5.15. The van der Waals surface area contributed by atoms with Gasteiger partial charge in [0.15, 0.2) is 0 Å². The van der Waals surface area contributed by atoms with Crippen LogP contribution in [0.25, 0.3) is 10.9 Å². The van der Waals surface area contributed by atoms with E-state index in [9.17, 15) is 4.79 Å². The molecule has 0 bridgehead atoms. The lowest BCUT2D eigenvalue weighted by Crippen LogP contribution is -2.26. The average molecular weight is 285 g/mol. The van der Waals surface area contributed by atoms with E-state index in [0.717, 1.165) is 31.2 Å². The van der Waals surface area contributed by atoms with Gasteiger partial charge in [-0.25, -0.2) is 4.98 Å². The Hall–Kier alpha value is -1.88. The van der Waals surface area contributed by atoms with Gasteiger partial charge < -0.3 is 9.72 Å².